The van der Waals surface area contributed by atoms with Crippen LogP contribution in [-0.2, 0) is 76.1 Å². The number of ether oxygens (including phenoxy) is 10. The minimum absolute atomic E-state index is 0.555. The lowest BCUT2D eigenvalue weighted by Gasteiger charge is -2.45. The van der Waals surface area contributed by atoms with E-state index in [9.17, 15) is 28.8 Å². The van der Waals surface area contributed by atoms with Crippen LogP contribution in [0.3, 0.4) is 0 Å². The molecular formula is C25H35FO16. The van der Waals surface area contributed by atoms with Crippen LogP contribution in [0.2, 0.25) is 0 Å². The number of rotatable bonds is 11. The zero-order valence-corrected chi connectivity index (χ0v) is 24.1. The normalized spacial score (nSPS) is 32.6. The average molecular weight is 611 g/mol. The molecule has 2 saturated heterocycles. The molecule has 0 saturated carbocycles. The fraction of sp³-hybridized carbons (Fsp3) is 0.760. The molecule has 0 spiro atoms. The molecule has 0 aromatic carbocycles. The Morgan fingerprint density at radius 3 is 1.48 bits per heavy atom. The molecular weight excluding hydrogens is 575 g/mol. The quantitative estimate of drug-likeness (QED) is 0.217. The predicted octanol–water partition coefficient (Wildman–Crippen LogP) is -0.341. The Morgan fingerprint density at radius 2 is 0.976 bits per heavy atom. The van der Waals surface area contributed by atoms with Crippen molar-refractivity contribution in [1.29, 1.82) is 0 Å². The number of halogens is 1. The van der Waals surface area contributed by atoms with Gasteiger partial charge in [-0.2, -0.15) is 0 Å². The Kier molecular flexibility index (Phi) is 13.0. The van der Waals surface area contributed by atoms with Gasteiger partial charge in [-0.05, 0) is 0 Å². The van der Waals surface area contributed by atoms with Crippen molar-refractivity contribution in [1.82, 2.24) is 0 Å². The monoisotopic (exact) mass is 610 g/mol. The number of hydrogen-bond acceptors (Lipinski definition) is 16. The first-order valence-corrected chi connectivity index (χ1v) is 12.7. The van der Waals surface area contributed by atoms with Gasteiger partial charge in [0.15, 0.2) is 49.3 Å². The number of carbonyl (C=O) groups is 6. The molecule has 2 fully saturated rings. The molecule has 238 valence electrons. The molecule has 0 bridgehead atoms. The molecule has 0 N–H and O–H groups in total. The van der Waals surface area contributed by atoms with E-state index in [0.717, 1.165) is 41.5 Å². The number of esters is 6. The molecule has 2 rings (SSSR count). The summed E-state index contributed by atoms with van der Waals surface area (Å²) in [5.41, 5.74) is 0. The molecule has 0 unspecified atom stereocenters. The second-order valence-corrected chi connectivity index (χ2v) is 9.27. The van der Waals surface area contributed by atoms with E-state index in [2.05, 4.69) is 0 Å². The third-order valence-corrected chi connectivity index (χ3v) is 5.78. The van der Waals surface area contributed by atoms with Crippen LogP contribution in [0.1, 0.15) is 41.5 Å². The summed E-state index contributed by atoms with van der Waals surface area (Å²) in [5.74, 6) is -4.98. The van der Waals surface area contributed by atoms with Gasteiger partial charge in [-0.3, -0.25) is 28.8 Å². The first kappa shape index (κ1) is 34.8. The topological polar surface area (TPSA) is 195 Å². The van der Waals surface area contributed by atoms with E-state index in [1.807, 2.05) is 0 Å². The Bertz CT molecular complexity index is 1000. The van der Waals surface area contributed by atoms with Gasteiger partial charge >= 0.3 is 35.8 Å². The summed E-state index contributed by atoms with van der Waals surface area (Å²) in [4.78, 5) is 70.5. The molecule has 0 aromatic rings. The van der Waals surface area contributed by atoms with Crippen LogP contribution in [0.25, 0.3) is 0 Å². The predicted molar refractivity (Wildman–Crippen MR) is 130 cm³/mol. The minimum Gasteiger partial charge on any atom is -0.463 e. The lowest BCUT2D eigenvalue weighted by atomic mass is 9.97. The summed E-state index contributed by atoms with van der Waals surface area (Å²) < 4.78 is 69.1. The van der Waals surface area contributed by atoms with Crippen LogP contribution >= 0.6 is 0 Å². The summed E-state index contributed by atoms with van der Waals surface area (Å²) in [5, 5.41) is 0. The maximum Gasteiger partial charge on any atom is 0.303 e. The highest BCUT2D eigenvalue weighted by Crippen LogP contribution is 2.33. The molecule has 2 aliphatic rings. The Balaban J connectivity index is 2.40. The van der Waals surface area contributed by atoms with E-state index in [0.29, 0.717) is 0 Å². The third-order valence-electron chi connectivity index (χ3n) is 5.78. The second-order valence-electron chi connectivity index (χ2n) is 9.27. The SMILES string of the molecule is CO[C@@H]1O[C@H](CO[C@@H]2O[C@H](COC(C)=O)[C@H](OC(C)=O)[C@H](F)[C@H]2OC(C)=O)[C@H](OC(C)=O)[C@H](OC(C)=O)[C@H]1OC(C)=O. The van der Waals surface area contributed by atoms with E-state index < -0.39 is 111 Å². The third kappa shape index (κ3) is 9.85. The standard InChI is InChI=1S/C25H35FO16/c1-10(27)34-8-16-19(36-11(2)28)18(26)21(38-13(4)30)25(42-16)35-9-17-20(37-12(3)29)22(39-14(5)31)23(40-15(6)32)24(33-7)41-17/h16-25H,8-9H2,1-7H3/t16-,17-,18+,19+,20+,21-,22+,23-,24-,25-/m1/s1. The number of carbonyl (C=O) groups excluding carboxylic acids is 6. The van der Waals surface area contributed by atoms with E-state index in [-0.39, 0.29) is 0 Å². The van der Waals surface area contributed by atoms with Crippen molar-refractivity contribution >= 4 is 35.8 Å². The largest absolute Gasteiger partial charge is 0.463 e. The van der Waals surface area contributed by atoms with Gasteiger partial charge in [-0.15, -0.1) is 0 Å². The Morgan fingerprint density at radius 1 is 0.548 bits per heavy atom. The summed E-state index contributed by atoms with van der Waals surface area (Å²) >= 11 is 0. The van der Waals surface area contributed by atoms with Crippen molar-refractivity contribution in [2.45, 2.75) is 103 Å². The highest BCUT2D eigenvalue weighted by atomic mass is 19.1. The first-order chi connectivity index (χ1) is 19.6. The van der Waals surface area contributed by atoms with E-state index >= 15 is 4.39 Å². The van der Waals surface area contributed by atoms with E-state index in [4.69, 9.17) is 47.4 Å². The zero-order chi connectivity index (χ0) is 31.7. The molecule has 0 amide bonds. The van der Waals surface area contributed by atoms with Crippen LogP contribution in [0.15, 0.2) is 0 Å². The molecule has 2 heterocycles. The van der Waals surface area contributed by atoms with Gasteiger partial charge < -0.3 is 47.4 Å². The number of methoxy groups -OCH3 is 1. The van der Waals surface area contributed by atoms with Gasteiger partial charge in [-0.25, -0.2) is 4.39 Å². The van der Waals surface area contributed by atoms with E-state index in [1.54, 1.807) is 0 Å². The van der Waals surface area contributed by atoms with Crippen molar-refractivity contribution in [3.63, 3.8) is 0 Å². The lowest BCUT2D eigenvalue weighted by molar-refractivity contribution is -0.327. The van der Waals surface area contributed by atoms with Crippen molar-refractivity contribution in [2.24, 2.45) is 0 Å². The molecule has 0 radical (unpaired) electrons. The molecule has 2 aliphatic heterocycles. The van der Waals surface area contributed by atoms with Crippen LogP contribution in [-0.4, -0.2) is 118 Å². The van der Waals surface area contributed by atoms with Crippen LogP contribution in [0.4, 0.5) is 4.39 Å². The van der Waals surface area contributed by atoms with Crippen LogP contribution in [0, 0.1) is 0 Å². The zero-order valence-electron chi connectivity index (χ0n) is 24.1. The smallest absolute Gasteiger partial charge is 0.303 e. The molecule has 10 atom stereocenters. The van der Waals surface area contributed by atoms with Gasteiger partial charge in [0, 0.05) is 48.7 Å². The fourth-order valence-electron chi connectivity index (χ4n) is 4.35. The highest BCUT2D eigenvalue weighted by Gasteiger charge is 2.54. The van der Waals surface area contributed by atoms with Crippen LogP contribution in [0.5, 0.6) is 0 Å². The maximum absolute atomic E-state index is 15.7. The van der Waals surface area contributed by atoms with Gasteiger partial charge in [0.2, 0.25) is 0 Å². The Labute approximate surface area is 240 Å². The van der Waals surface area contributed by atoms with Gasteiger partial charge in [0.1, 0.15) is 18.8 Å². The van der Waals surface area contributed by atoms with E-state index in [1.165, 1.54) is 7.11 Å². The Hall–Kier alpha value is -3.41. The minimum atomic E-state index is -2.21. The molecule has 0 aromatic heterocycles. The number of hydrogen-bond donors (Lipinski definition) is 0. The summed E-state index contributed by atoms with van der Waals surface area (Å²) in [6.45, 7) is 5.19. The average Bonchev–Trinajstić information content (AvgIpc) is 2.86. The van der Waals surface area contributed by atoms with Gasteiger partial charge in [0.05, 0.1) is 6.61 Å². The highest BCUT2D eigenvalue weighted by molar-refractivity contribution is 5.69. The van der Waals surface area contributed by atoms with Crippen molar-refractivity contribution in [2.75, 3.05) is 20.3 Å². The van der Waals surface area contributed by atoms with Crippen molar-refractivity contribution < 1.29 is 80.5 Å². The molecule has 42 heavy (non-hydrogen) atoms. The summed E-state index contributed by atoms with van der Waals surface area (Å²) in [6, 6.07) is 0. The lowest BCUT2D eigenvalue weighted by Crippen LogP contribution is -2.64. The summed E-state index contributed by atoms with van der Waals surface area (Å²) in [6.07, 6.45) is -15.6. The fourth-order valence-corrected chi connectivity index (χ4v) is 4.35. The number of alkyl halides is 1. The van der Waals surface area contributed by atoms with Gasteiger partial charge in [-0.1, -0.05) is 0 Å². The van der Waals surface area contributed by atoms with Crippen LogP contribution < -0.4 is 0 Å². The first-order valence-electron chi connectivity index (χ1n) is 12.7. The molecule has 16 nitrogen and oxygen atoms in total. The summed E-state index contributed by atoms with van der Waals surface area (Å²) in [7, 11) is 1.21. The second kappa shape index (κ2) is 15.7. The molecule has 0 aliphatic carbocycles. The van der Waals surface area contributed by atoms with Crippen molar-refractivity contribution in [3.05, 3.63) is 0 Å². The molecule has 17 heteroatoms. The maximum atomic E-state index is 15.7. The van der Waals surface area contributed by atoms with Crippen molar-refractivity contribution in [3.8, 4) is 0 Å². The van der Waals surface area contributed by atoms with Gasteiger partial charge in [0.25, 0.3) is 0 Å².